The van der Waals surface area contributed by atoms with Gasteiger partial charge in [-0.2, -0.15) is 13.2 Å². The lowest BCUT2D eigenvalue weighted by molar-refractivity contribution is -0.140. The Hall–Kier alpha value is -1.60. The van der Waals surface area contributed by atoms with E-state index >= 15 is 0 Å². The second-order valence-corrected chi connectivity index (χ2v) is 7.12. The Bertz CT molecular complexity index is 703. The van der Waals surface area contributed by atoms with Crippen LogP contribution in [-0.2, 0) is 12.7 Å². The van der Waals surface area contributed by atoms with Crippen LogP contribution in [0.15, 0.2) is 23.6 Å². The average Bonchev–Trinajstić information content (AvgIpc) is 2.99. The number of nitrogens with zero attached hydrogens (tertiary/aromatic N) is 3. The van der Waals surface area contributed by atoms with Crippen LogP contribution < -0.4 is 4.90 Å². The van der Waals surface area contributed by atoms with Gasteiger partial charge in [0.1, 0.15) is 5.01 Å². The summed E-state index contributed by atoms with van der Waals surface area (Å²) in [5.74, 6) is 0. The van der Waals surface area contributed by atoms with Gasteiger partial charge in [0.15, 0.2) is 5.69 Å². The Morgan fingerprint density at radius 2 is 1.83 bits per heavy atom. The van der Waals surface area contributed by atoms with Crippen LogP contribution in [0.3, 0.4) is 0 Å². The highest BCUT2D eigenvalue weighted by Crippen LogP contribution is 2.30. The predicted molar refractivity (Wildman–Crippen MR) is 90.5 cm³/mol. The topological polar surface area (TPSA) is 19.4 Å². The maximum Gasteiger partial charge on any atom is 0.434 e. The van der Waals surface area contributed by atoms with Crippen molar-refractivity contribution in [1.29, 1.82) is 0 Å². The summed E-state index contributed by atoms with van der Waals surface area (Å²) in [4.78, 5) is 8.23. The molecule has 24 heavy (non-hydrogen) atoms. The molecule has 0 saturated carbocycles. The highest BCUT2D eigenvalue weighted by Gasteiger charge is 2.33. The van der Waals surface area contributed by atoms with E-state index in [1.54, 1.807) is 0 Å². The van der Waals surface area contributed by atoms with Crippen molar-refractivity contribution >= 4 is 17.0 Å². The first-order valence-electron chi connectivity index (χ1n) is 7.89. The van der Waals surface area contributed by atoms with Crippen molar-refractivity contribution in [2.24, 2.45) is 0 Å². The molecule has 130 valence electrons. The summed E-state index contributed by atoms with van der Waals surface area (Å²) in [5.41, 5.74) is 2.96. The Morgan fingerprint density at radius 1 is 1.12 bits per heavy atom. The molecular formula is C17H20F3N3S. The van der Waals surface area contributed by atoms with E-state index in [1.807, 2.05) is 0 Å². The van der Waals surface area contributed by atoms with Crippen molar-refractivity contribution in [2.75, 3.05) is 31.1 Å². The molecule has 0 amide bonds. The van der Waals surface area contributed by atoms with E-state index in [9.17, 15) is 13.2 Å². The summed E-state index contributed by atoms with van der Waals surface area (Å²) in [5, 5.41) is 1.63. The van der Waals surface area contributed by atoms with Gasteiger partial charge in [0.2, 0.25) is 0 Å². The number of rotatable bonds is 3. The summed E-state index contributed by atoms with van der Waals surface area (Å²) >= 11 is 1.09. The molecule has 1 aromatic heterocycles. The second kappa shape index (κ2) is 6.72. The van der Waals surface area contributed by atoms with Gasteiger partial charge >= 0.3 is 6.18 Å². The first-order valence-corrected chi connectivity index (χ1v) is 8.77. The van der Waals surface area contributed by atoms with Crippen molar-refractivity contribution in [3.63, 3.8) is 0 Å². The maximum absolute atomic E-state index is 12.6. The number of thiazole rings is 1. The van der Waals surface area contributed by atoms with Gasteiger partial charge in [-0.05, 0) is 31.0 Å². The number of halogens is 3. The lowest BCUT2D eigenvalue weighted by atomic mass is 10.1. The van der Waals surface area contributed by atoms with Crippen LogP contribution in [0, 0.1) is 13.8 Å². The highest BCUT2D eigenvalue weighted by molar-refractivity contribution is 7.09. The molecule has 7 heteroatoms. The normalized spacial score (nSPS) is 16.6. The van der Waals surface area contributed by atoms with Gasteiger partial charge in [-0.1, -0.05) is 12.1 Å². The fraction of sp³-hybridized carbons (Fsp3) is 0.471. The van der Waals surface area contributed by atoms with Gasteiger partial charge in [0.25, 0.3) is 0 Å². The fourth-order valence-corrected chi connectivity index (χ4v) is 3.75. The summed E-state index contributed by atoms with van der Waals surface area (Å²) in [6.45, 7) is 8.09. The third-order valence-electron chi connectivity index (χ3n) is 4.28. The van der Waals surface area contributed by atoms with Crippen LogP contribution in [-0.4, -0.2) is 36.1 Å². The minimum Gasteiger partial charge on any atom is -0.369 e. The Morgan fingerprint density at radius 3 is 2.46 bits per heavy atom. The molecule has 0 N–H and O–H groups in total. The van der Waals surface area contributed by atoms with E-state index in [0.717, 1.165) is 42.9 Å². The molecule has 0 atom stereocenters. The number of aromatic nitrogens is 1. The monoisotopic (exact) mass is 355 g/mol. The molecule has 0 spiro atoms. The van der Waals surface area contributed by atoms with Crippen molar-refractivity contribution in [2.45, 2.75) is 26.6 Å². The van der Waals surface area contributed by atoms with Gasteiger partial charge < -0.3 is 4.90 Å². The molecule has 1 aliphatic rings. The SMILES string of the molecule is Cc1ccc(C)c(N2CCN(Cc3nc(C(F)(F)F)cs3)CC2)c1. The minimum absolute atomic E-state index is 0.487. The molecule has 3 nitrogen and oxygen atoms in total. The van der Waals surface area contributed by atoms with E-state index in [2.05, 4.69) is 46.8 Å². The summed E-state index contributed by atoms with van der Waals surface area (Å²) in [6, 6.07) is 6.43. The zero-order valence-electron chi connectivity index (χ0n) is 13.7. The van der Waals surface area contributed by atoms with E-state index in [1.165, 1.54) is 16.8 Å². The van der Waals surface area contributed by atoms with Crippen molar-refractivity contribution in [3.05, 3.63) is 45.4 Å². The standard InChI is InChI=1S/C17H20F3N3S/c1-12-3-4-13(2)14(9-12)23-7-5-22(6-8-23)10-16-21-15(11-24-16)17(18,19)20/h3-4,9,11H,5-8,10H2,1-2H3. The van der Waals surface area contributed by atoms with Crippen LogP contribution in [0.5, 0.6) is 0 Å². The Kier molecular flexibility index (Phi) is 4.83. The maximum atomic E-state index is 12.6. The van der Waals surface area contributed by atoms with E-state index in [0.29, 0.717) is 11.6 Å². The highest BCUT2D eigenvalue weighted by atomic mass is 32.1. The Labute approximate surface area is 143 Å². The minimum atomic E-state index is -4.35. The number of anilines is 1. The molecule has 1 aromatic carbocycles. The summed E-state index contributed by atoms with van der Waals surface area (Å²) < 4.78 is 37.8. The van der Waals surface area contributed by atoms with Gasteiger partial charge in [0, 0.05) is 37.2 Å². The number of hydrogen-bond donors (Lipinski definition) is 0. The lowest BCUT2D eigenvalue weighted by Crippen LogP contribution is -2.46. The smallest absolute Gasteiger partial charge is 0.369 e. The van der Waals surface area contributed by atoms with Crippen LogP contribution >= 0.6 is 11.3 Å². The number of aryl methyl sites for hydroxylation is 2. The molecule has 3 rings (SSSR count). The summed E-state index contributed by atoms with van der Waals surface area (Å²) in [7, 11) is 0. The molecule has 0 unspecified atom stereocenters. The van der Waals surface area contributed by atoms with Crippen LogP contribution in [0.2, 0.25) is 0 Å². The van der Waals surface area contributed by atoms with Gasteiger partial charge in [-0.25, -0.2) is 4.98 Å². The number of alkyl halides is 3. The number of piperazine rings is 1. The van der Waals surface area contributed by atoms with Crippen molar-refractivity contribution < 1.29 is 13.2 Å². The third-order valence-corrected chi connectivity index (χ3v) is 5.11. The Balaban J connectivity index is 1.59. The molecule has 1 fully saturated rings. The van der Waals surface area contributed by atoms with Crippen LogP contribution in [0.4, 0.5) is 18.9 Å². The average molecular weight is 355 g/mol. The second-order valence-electron chi connectivity index (χ2n) is 6.18. The summed E-state index contributed by atoms with van der Waals surface area (Å²) in [6.07, 6.45) is -4.35. The van der Waals surface area contributed by atoms with E-state index in [4.69, 9.17) is 0 Å². The fourth-order valence-electron chi connectivity index (χ4n) is 2.91. The molecule has 0 aliphatic carbocycles. The van der Waals surface area contributed by atoms with E-state index < -0.39 is 11.9 Å². The van der Waals surface area contributed by atoms with Crippen LogP contribution in [0.25, 0.3) is 0 Å². The molecule has 0 radical (unpaired) electrons. The lowest BCUT2D eigenvalue weighted by Gasteiger charge is -2.36. The van der Waals surface area contributed by atoms with Crippen molar-refractivity contribution in [1.82, 2.24) is 9.88 Å². The first-order chi connectivity index (χ1) is 11.3. The molecule has 1 saturated heterocycles. The zero-order chi connectivity index (χ0) is 17.3. The van der Waals surface area contributed by atoms with Crippen molar-refractivity contribution in [3.8, 4) is 0 Å². The number of benzene rings is 1. The molecule has 2 heterocycles. The molecule has 1 aliphatic heterocycles. The third kappa shape index (κ3) is 3.89. The van der Waals surface area contributed by atoms with Gasteiger partial charge in [-0.3, -0.25) is 4.90 Å². The van der Waals surface area contributed by atoms with Gasteiger partial charge in [-0.15, -0.1) is 11.3 Å². The first kappa shape index (κ1) is 17.2. The largest absolute Gasteiger partial charge is 0.434 e. The predicted octanol–water partition coefficient (Wildman–Crippen LogP) is 4.10. The number of hydrogen-bond acceptors (Lipinski definition) is 4. The molecule has 2 aromatic rings. The van der Waals surface area contributed by atoms with Gasteiger partial charge in [0.05, 0.1) is 6.54 Å². The van der Waals surface area contributed by atoms with Crippen LogP contribution in [0.1, 0.15) is 21.8 Å². The molecular weight excluding hydrogens is 335 g/mol. The zero-order valence-corrected chi connectivity index (χ0v) is 14.5. The quantitative estimate of drug-likeness (QED) is 0.826. The van der Waals surface area contributed by atoms with E-state index in [-0.39, 0.29) is 0 Å². The molecule has 0 bridgehead atoms.